The van der Waals surface area contributed by atoms with Gasteiger partial charge < -0.3 is 4.90 Å². The molecule has 2 aliphatic rings. The van der Waals surface area contributed by atoms with E-state index in [0.29, 0.717) is 11.7 Å². The lowest BCUT2D eigenvalue weighted by molar-refractivity contribution is 0.0712. The molecule has 25 heavy (non-hydrogen) atoms. The fourth-order valence-electron chi connectivity index (χ4n) is 4.08. The first-order valence-corrected chi connectivity index (χ1v) is 9.97. The summed E-state index contributed by atoms with van der Waals surface area (Å²) in [5.41, 5.74) is 2.16. The number of likely N-dealkylation sites (tertiary alicyclic amines) is 1. The second-order valence-electron chi connectivity index (χ2n) is 7.33. The van der Waals surface area contributed by atoms with Crippen molar-refractivity contribution in [3.63, 3.8) is 0 Å². The second kappa shape index (κ2) is 5.76. The van der Waals surface area contributed by atoms with Crippen molar-refractivity contribution < 1.29 is 4.79 Å². The third-order valence-corrected chi connectivity index (χ3v) is 6.66. The lowest BCUT2D eigenvalue weighted by atomic mass is 9.89. The second-order valence-corrected chi connectivity index (χ2v) is 8.42. The average molecular weight is 355 g/mol. The van der Waals surface area contributed by atoms with Crippen LogP contribution in [0.5, 0.6) is 0 Å². The summed E-state index contributed by atoms with van der Waals surface area (Å²) in [5.74, 6) is 0.942. The first-order valence-electron chi connectivity index (χ1n) is 9.15. The highest BCUT2D eigenvalue weighted by Crippen LogP contribution is 2.38. The summed E-state index contributed by atoms with van der Waals surface area (Å²) in [7, 11) is 0. The van der Waals surface area contributed by atoms with Gasteiger partial charge in [0.1, 0.15) is 11.2 Å². The van der Waals surface area contributed by atoms with Gasteiger partial charge in [-0.2, -0.15) is 0 Å². The molecule has 0 spiro atoms. The number of hydrogen-bond acceptors (Lipinski definition) is 5. The highest BCUT2D eigenvalue weighted by molar-refractivity contribution is 7.19. The Kier molecular flexibility index (Phi) is 3.51. The molecule has 4 heterocycles. The van der Waals surface area contributed by atoms with Crippen molar-refractivity contribution in [1.82, 2.24) is 24.5 Å². The Hall–Kier alpha value is -2.02. The monoisotopic (exact) mass is 355 g/mol. The number of rotatable bonds is 1. The lowest BCUT2D eigenvalue weighted by Crippen LogP contribution is -2.36. The average Bonchev–Trinajstić information content (AvgIpc) is 3.22. The van der Waals surface area contributed by atoms with Crippen LogP contribution in [0.2, 0.25) is 0 Å². The molecule has 1 saturated heterocycles. The molecule has 6 nitrogen and oxygen atoms in total. The number of fused-ring (bicyclic) bond motifs is 5. The zero-order chi connectivity index (χ0) is 17.0. The Morgan fingerprint density at radius 1 is 1.28 bits per heavy atom. The van der Waals surface area contributed by atoms with Crippen LogP contribution in [0.1, 0.15) is 53.7 Å². The molecule has 0 bridgehead atoms. The molecule has 1 aliphatic heterocycles. The maximum Gasteiger partial charge on any atom is 0.293 e. The van der Waals surface area contributed by atoms with Gasteiger partial charge in [-0.3, -0.25) is 4.79 Å². The third-order valence-electron chi connectivity index (χ3n) is 5.46. The molecular weight excluding hydrogens is 334 g/mol. The van der Waals surface area contributed by atoms with E-state index in [2.05, 4.69) is 22.0 Å². The SMILES string of the molecule is CC1CCc2sc3ncn4nc(C(=O)N5CCCCC5)nc4c3c2C1. The van der Waals surface area contributed by atoms with Gasteiger partial charge in [0.25, 0.3) is 5.91 Å². The summed E-state index contributed by atoms with van der Waals surface area (Å²) in [5, 5.41) is 5.55. The molecule has 1 amide bonds. The third kappa shape index (κ3) is 2.44. The van der Waals surface area contributed by atoms with E-state index in [1.807, 2.05) is 4.90 Å². The summed E-state index contributed by atoms with van der Waals surface area (Å²) in [6, 6.07) is 0. The maximum atomic E-state index is 12.8. The summed E-state index contributed by atoms with van der Waals surface area (Å²) in [6.45, 7) is 3.93. The summed E-state index contributed by atoms with van der Waals surface area (Å²) in [6.07, 6.45) is 8.47. The van der Waals surface area contributed by atoms with Crippen molar-refractivity contribution in [2.45, 2.75) is 45.4 Å². The van der Waals surface area contributed by atoms with Crippen molar-refractivity contribution in [3.8, 4) is 0 Å². The Balaban J connectivity index is 1.63. The van der Waals surface area contributed by atoms with E-state index in [9.17, 15) is 4.79 Å². The molecule has 3 aromatic rings. The maximum absolute atomic E-state index is 12.8. The highest BCUT2D eigenvalue weighted by atomic mass is 32.1. The van der Waals surface area contributed by atoms with E-state index < -0.39 is 0 Å². The Morgan fingerprint density at radius 3 is 2.96 bits per heavy atom. The van der Waals surface area contributed by atoms with Crippen molar-refractivity contribution in [3.05, 3.63) is 22.6 Å². The van der Waals surface area contributed by atoms with Gasteiger partial charge in [-0.05, 0) is 50.0 Å². The molecule has 1 atom stereocenters. The van der Waals surface area contributed by atoms with Crippen molar-refractivity contribution in [2.75, 3.05) is 13.1 Å². The molecule has 0 radical (unpaired) electrons. The van der Waals surface area contributed by atoms with Gasteiger partial charge >= 0.3 is 0 Å². The molecule has 5 rings (SSSR count). The Bertz CT molecular complexity index is 969. The number of carbonyl (C=O) groups is 1. The van der Waals surface area contributed by atoms with E-state index in [0.717, 1.165) is 54.6 Å². The van der Waals surface area contributed by atoms with Gasteiger partial charge in [0.15, 0.2) is 5.65 Å². The zero-order valence-electron chi connectivity index (χ0n) is 14.4. The number of aryl methyl sites for hydroxylation is 1. The number of carbonyl (C=O) groups excluding carboxylic acids is 1. The van der Waals surface area contributed by atoms with Crippen LogP contribution in [0.25, 0.3) is 15.9 Å². The lowest BCUT2D eigenvalue weighted by Gasteiger charge is -2.25. The van der Waals surface area contributed by atoms with Gasteiger partial charge in [0, 0.05) is 18.0 Å². The van der Waals surface area contributed by atoms with Crippen LogP contribution in [-0.2, 0) is 12.8 Å². The van der Waals surface area contributed by atoms with Crippen LogP contribution in [0.3, 0.4) is 0 Å². The first kappa shape index (κ1) is 15.3. The van der Waals surface area contributed by atoms with Crippen LogP contribution in [0.15, 0.2) is 6.33 Å². The molecule has 1 aliphatic carbocycles. The standard InChI is InChI=1S/C18H21N5OS/c1-11-5-6-13-12(9-11)14-16-20-15(18(24)22-7-3-2-4-8-22)21-23(16)10-19-17(14)25-13/h10-11H,2-9H2,1H3. The summed E-state index contributed by atoms with van der Waals surface area (Å²) >= 11 is 1.77. The quantitative estimate of drug-likeness (QED) is 0.673. The molecular formula is C18H21N5OS. The van der Waals surface area contributed by atoms with Gasteiger partial charge in [0.2, 0.25) is 5.82 Å². The van der Waals surface area contributed by atoms with E-state index in [4.69, 9.17) is 0 Å². The fourth-order valence-corrected chi connectivity index (χ4v) is 5.25. The van der Waals surface area contributed by atoms with Crippen molar-refractivity contribution in [2.24, 2.45) is 5.92 Å². The number of amides is 1. The molecule has 1 fully saturated rings. The number of piperidine rings is 1. The fraction of sp³-hybridized carbons (Fsp3) is 0.556. The Morgan fingerprint density at radius 2 is 2.12 bits per heavy atom. The first-order chi connectivity index (χ1) is 12.2. The van der Waals surface area contributed by atoms with E-state index in [-0.39, 0.29) is 5.91 Å². The minimum atomic E-state index is -0.0472. The minimum absolute atomic E-state index is 0.0472. The van der Waals surface area contributed by atoms with E-state index >= 15 is 0 Å². The highest BCUT2D eigenvalue weighted by Gasteiger charge is 2.26. The smallest absolute Gasteiger partial charge is 0.293 e. The number of nitrogens with zero attached hydrogens (tertiary/aromatic N) is 5. The van der Waals surface area contributed by atoms with Gasteiger partial charge in [-0.1, -0.05) is 6.92 Å². The summed E-state index contributed by atoms with van der Waals surface area (Å²) < 4.78 is 1.69. The minimum Gasteiger partial charge on any atom is -0.336 e. The Labute approximate surface area is 149 Å². The van der Waals surface area contributed by atoms with Crippen molar-refractivity contribution in [1.29, 1.82) is 0 Å². The number of aromatic nitrogens is 4. The molecule has 3 aromatic heterocycles. The van der Waals surface area contributed by atoms with Crippen LogP contribution in [0.4, 0.5) is 0 Å². The normalized spacial score (nSPS) is 21.0. The van der Waals surface area contributed by atoms with Crippen molar-refractivity contribution >= 4 is 33.1 Å². The topological polar surface area (TPSA) is 63.4 Å². The van der Waals surface area contributed by atoms with E-state index in [1.54, 1.807) is 22.2 Å². The van der Waals surface area contributed by atoms with Gasteiger partial charge in [-0.25, -0.2) is 14.5 Å². The van der Waals surface area contributed by atoms with Gasteiger partial charge in [-0.15, -0.1) is 16.4 Å². The number of thiophene rings is 1. The number of hydrogen-bond donors (Lipinski definition) is 0. The summed E-state index contributed by atoms with van der Waals surface area (Å²) in [4.78, 5) is 26.3. The molecule has 7 heteroatoms. The molecule has 0 aromatic carbocycles. The van der Waals surface area contributed by atoms with Gasteiger partial charge in [0.05, 0.1) is 5.39 Å². The van der Waals surface area contributed by atoms with Crippen LogP contribution in [-0.4, -0.2) is 43.5 Å². The van der Waals surface area contributed by atoms with E-state index in [1.165, 1.54) is 23.3 Å². The zero-order valence-corrected chi connectivity index (χ0v) is 15.2. The molecule has 130 valence electrons. The van der Waals surface area contributed by atoms with Crippen LogP contribution in [0, 0.1) is 5.92 Å². The van der Waals surface area contributed by atoms with Crippen LogP contribution < -0.4 is 0 Å². The van der Waals surface area contributed by atoms with Crippen LogP contribution >= 0.6 is 11.3 Å². The molecule has 1 unspecified atom stereocenters. The molecule has 0 saturated carbocycles. The predicted octanol–water partition coefficient (Wildman–Crippen LogP) is 3.09. The molecule has 0 N–H and O–H groups in total. The predicted molar refractivity (Wildman–Crippen MR) is 97.1 cm³/mol. The largest absolute Gasteiger partial charge is 0.336 e.